The molecule has 3 saturated heterocycles. The van der Waals surface area contributed by atoms with Crippen LogP contribution in [0.25, 0.3) is 0 Å². The highest BCUT2D eigenvalue weighted by atomic mass is 16.3. The van der Waals surface area contributed by atoms with E-state index in [1.165, 1.54) is 19.3 Å². The molecule has 4 rings (SSSR count). The maximum Gasteiger partial charge on any atom is 0.229 e. The highest BCUT2D eigenvalue weighted by Crippen LogP contribution is 2.38. The van der Waals surface area contributed by atoms with Gasteiger partial charge >= 0.3 is 0 Å². The van der Waals surface area contributed by atoms with E-state index in [-0.39, 0.29) is 18.0 Å². The van der Waals surface area contributed by atoms with E-state index in [1.54, 1.807) is 6.07 Å². The molecule has 34 heavy (non-hydrogen) atoms. The Bertz CT molecular complexity index is 885. The molecule has 0 bridgehead atoms. The van der Waals surface area contributed by atoms with E-state index < -0.39 is 22.6 Å². The predicted molar refractivity (Wildman–Crippen MR) is 125 cm³/mol. The summed E-state index contributed by atoms with van der Waals surface area (Å²) in [5, 5.41) is 3.26. The number of Topliss-reactive ketones (excluding diaryl/α,β-unsaturated/α-hetero) is 3. The summed E-state index contributed by atoms with van der Waals surface area (Å²) in [6.07, 6.45) is 7.02. The van der Waals surface area contributed by atoms with Gasteiger partial charge in [-0.1, -0.05) is 0 Å². The second-order valence-corrected chi connectivity index (χ2v) is 9.54. The maximum atomic E-state index is 14.7. The van der Waals surface area contributed by atoms with Gasteiger partial charge in [0, 0.05) is 52.2 Å². The van der Waals surface area contributed by atoms with Crippen LogP contribution in [-0.2, 0) is 24.6 Å². The summed E-state index contributed by atoms with van der Waals surface area (Å²) in [6.45, 7) is 6.86. The van der Waals surface area contributed by atoms with Crippen LogP contribution in [0.5, 0.6) is 0 Å². The first-order valence-corrected chi connectivity index (χ1v) is 12.4. The molecule has 4 heterocycles. The molecule has 185 valence electrons. The Labute approximate surface area is 200 Å². The highest BCUT2D eigenvalue weighted by Gasteiger charge is 2.64. The van der Waals surface area contributed by atoms with E-state index >= 15 is 0 Å². The van der Waals surface area contributed by atoms with E-state index in [2.05, 4.69) is 10.2 Å². The Kier molecular flexibility index (Phi) is 7.77. The van der Waals surface area contributed by atoms with Crippen molar-refractivity contribution in [2.45, 2.75) is 50.1 Å². The van der Waals surface area contributed by atoms with Gasteiger partial charge in [-0.05, 0) is 57.8 Å². The van der Waals surface area contributed by atoms with Gasteiger partial charge in [0.1, 0.15) is 5.76 Å². The molecule has 9 nitrogen and oxygen atoms in total. The van der Waals surface area contributed by atoms with Gasteiger partial charge in [-0.25, -0.2) is 0 Å². The summed E-state index contributed by atoms with van der Waals surface area (Å²) in [4.78, 5) is 60.7. The van der Waals surface area contributed by atoms with Crippen LogP contribution < -0.4 is 5.32 Å². The fraction of sp³-hybridized carbons (Fsp3) is 0.680. The zero-order chi connectivity index (χ0) is 24.2. The first kappa shape index (κ1) is 24.9. The highest BCUT2D eigenvalue weighted by molar-refractivity contribution is 6.31. The van der Waals surface area contributed by atoms with E-state index in [4.69, 9.17) is 4.42 Å². The molecule has 1 aromatic heterocycles. The van der Waals surface area contributed by atoms with Gasteiger partial charge < -0.3 is 14.6 Å². The topological polar surface area (TPSA) is 103 Å². The Morgan fingerprint density at radius 2 is 1.62 bits per heavy atom. The predicted octanol–water partition coefficient (Wildman–Crippen LogP) is 0.538. The van der Waals surface area contributed by atoms with Gasteiger partial charge in [-0.3, -0.25) is 29.0 Å². The van der Waals surface area contributed by atoms with Crippen LogP contribution in [0.1, 0.15) is 44.8 Å². The average Bonchev–Trinajstić information content (AvgIpc) is 3.64. The minimum absolute atomic E-state index is 0.0111. The SMILES string of the molecule is CC(=O)C(C(=O)C([C]=O)(C(=O)CCN1CCCC1)c1ccco1)(N1CCCC1)N1CCNCC1. The van der Waals surface area contributed by atoms with Crippen LogP contribution in [0.3, 0.4) is 0 Å². The number of likely N-dealkylation sites (tertiary alicyclic amines) is 2. The monoisotopic (exact) mass is 471 g/mol. The number of carbonyl (C=O) groups excluding carboxylic acids is 4. The fourth-order valence-electron chi connectivity index (χ4n) is 5.86. The van der Waals surface area contributed by atoms with Gasteiger partial charge in [0.05, 0.1) is 6.26 Å². The lowest BCUT2D eigenvalue weighted by atomic mass is 9.70. The normalized spacial score (nSPS) is 23.9. The number of piperazine rings is 1. The lowest BCUT2D eigenvalue weighted by molar-refractivity contribution is -0.162. The second kappa shape index (κ2) is 10.6. The molecule has 2 unspecified atom stereocenters. The summed E-state index contributed by atoms with van der Waals surface area (Å²) in [5.74, 6) is -1.74. The molecule has 0 aliphatic carbocycles. The minimum Gasteiger partial charge on any atom is -0.467 e. The first-order chi connectivity index (χ1) is 16.5. The maximum absolute atomic E-state index is 14.7. The third kappa shape index (κ3) is 4.19. The van der Waals surface area contributed by atoms with Crippen LogP contribution in [-0.4, -0.2) is 103 Å². The second-order valence-electron chi connectivity index (χ2n) is 9.54. The Hall–Kier alpha value is -2.20. The molecule has 9 heteroatoms. The number of hydrogen-bond donors (Lipinski definition) is 1. The molecule has 2 atom stereocenters. The van der Waals surface area contributed by atoms with Crippen molar-refractivity contribution in [3.8, 4) is 0 Å². The quantitative estimate of drug-likeness (QED) is 0.463. The number of nitrogens with one attached hydrogen (secondary N) is 1. The molecule has 0 spiro atoms. The number of rotatable bonds is 11. The van der Waals surface area contributed by atoms with Crippen molar-refractivity contribution in [3.63, 3.8) is 0 Å². The van der Waals surface area contributed by atoms with Crippen LogP contribution in [0.2, 0.25) is 0 Å². The van der Waals surface area contributed by atoms with Gasteiger partial charge in [0.2, 0.25) is 17.5 Å². The lowest BCUT2D eigenvalue weighted by Crippen LogP contribution is -2.75. The van der Waals surface area contributed by atoms with Crippen molar-refractivity contribution >= 4 is 23.6 Å². The number of nitrogens with zero attached hydrogens (tertiary/aromatic N) is 3. The van der Waals surface area contributed by atoms with Crippen LogP contribution in [0.15, 0.2) is 22.8 Å². The molecular weight excluding hydrogens is 436 g/mol. The smallest absolute Gasteiger partial charge is 0.229 e. The molecule has 0 saturated carbocycles. The number of ketones is 3. The van der Waals surface area contributed by atoms with Crippen molar-refractivity contribution in [1.82, 2.24) is 20.0 Å². The van der Waals surface area contributed by atoms with Crippen molar-refractivity contribution in [3.05, 3.63) is 24.2 Å². The number of furan rings is 1. The van der Waals surface area contributed by atoms with E-state index in [0.29, 0.717) is 45.8 Å². The zero-order valence-electron chi connectivity index (χ0n) is 20.0. The summed E-state index contributed by atoms with van der Waals surface area (Å²) in [5.41, 5.74) is -4.01. The molecule has 1 radical (unpaired) electrons. The van der Waals surface area contributed by atoms with E-state index in [9.17, 15) is 19.2 Å². The third-order valence-corrected chi connectivity index (χ3v) is 7.60. The number of hydrogen-bond acceptors (Lipinski definition) is 9. The average molecular weight is 472 g/mol. The molecule has 1 N–H and O–H groups in total. The molecule has 3 fully saturated rings. The van der Waals surface area contributed by atoms with Crippen molar-refractivity contribution in [1.29, 1.82) is 0 Å². The molecule has 3 aliphatic heterocycles. The van der Waals surface area contributed by atoms with Crippen LogP contribution >= 0.6 is 0 Å². The summed E-state index contributed by atoms with van der Waals surface area (Å²) in [7, 11) is 0. The minimum atomic E-state index is -2.29. The molecule has 0 amide bonds. The van der Waals surface area contributed by atoms with Crippen LogP contribution in [0.4, 0.5) is 0 Å². The molecule has 1 aromatic rings. The van der Waals surface area contributed by atoms with E-state index in [0.717, 1.165) is 38.8 Å². The lowest BCUT2D eigenvalue weighted by Gasteiger charge is -2.50. The van der Waals surface area contributed by atoms with Gasteiger partial charge in [-0.2, -0.15) is 0 Å². The van der Waals surface area contributed by atoms with Gasteiger partial charge in [0.25, 0.3) is 0 Å². The molecular formula is C25H35N4O5. The largest absolute Gasteiger partial charge is 0.467 e. The third-order valence-electron chi connectivity index (χ3n) is 7.60. The summed E-state index contributed by atoms with van der Waals surface area (Å²) >= 11 is 0. The van der Waals surface area contributed by atoms with Gasteiger partial charge in [-0.15, -0.1) is 0 Å². The Balaban J connectivity index is 1.80. The van der Waals surface area contributed by atoms with Crippen molar-refractivity contribution in [2.24, 2.45) is 0 Å². The summed E-state index contributed by atoms with van der Waals surface area (Å²) < 4.78 is 5.55. The van der Waals surface area contributed by atoms with Crippen molar-refractivity contribution in [2.75, 3.05) is 58.9 Å². The Morgan fingerprint density at radius 1 is 1.00 bits per heavy atom. The first-order valence-electron chi connectivity index (χ1n) is 12.4. The van der Waals surface area contributed by atoms with Crippen LogP contribution in [0, 0.1) is 0 Å². The molecule has 3 aliphatic rings. The summed E-state index contributed by atoms with van der Waals surface area (Å²) in [6, 6.07) is 3.03. The zero-order valence-corrected chi connectivity index (χ0v) is 20.0. The Morgan fingerprint density at radius 3 is 2.18 bits per heavy atom. The van der Waals surface area contributed by atoms with E-state index in [1.807, 2.05) is 16.1 Å². The number of carbonyl (C=O) groups is 3. The standard InChI is InChI=1S/C25H35N4O5/c1-20(31)25(28-13-4-5-14-28,29-16-9-26-10-17-29)23(33)24(19-30,22-7-6-18-34-22)21(32)8-15-27-11-2-3-12-27/h6-7,18,26H,2-5,8-17H2,1H3. The van der Waals surface area contributed by atoms with Gasteiger partial charge in [0.15, 0.2) is 17.2 Å². The van der Waals surface area contributed by atoms with Crippen molar-refractivity contribution < 1.29 is 23.6 Å². The molecule has 0 aromatic carbocycles. The fourth-order valence-corrected chi connectivity index (χ4v) is 5.86.